The molecule has 1 saturated carbocycles. The molecule has 0 aliphatic heterocycles. The van der Waals surface area contributed by atoms with Crippen molar-refractivity contribution in [2.45, 2.75) is 37.6 Å². The Balaban J connectivity index is 0.00000180. The summed E-state index contributed by atoms with van der Waals surface area (Å²) in [6.45, 7) is 0. The van der Waals surface area contributed by atoms with Crippen LogP contribution in [0.25, 0.3) is 0 Å². The number of hydrogen-bond acceptors (Lipinski definition) is 2. The second-order valence-electron chi connectivity index (χ2n) is 4.83. The SMILES string of the molecule is Cl.N[C@H](c1cccc(C(F)(F)F)c1)[C@@H](O)C1CCC1. The Morgan fingerprint density at radius 1 is 1.26 bits per heavy atom. The van der Waals surface area contributed by atoms with Gasteiger partial charge in [-0.25, -0.2) is 0 Å². The third-order valence-corrected chi connectivity index (χ3v) is 3.60. The number of aliphatic hydroxyl groups excluding tert-OH is 1. The topological polar surface area (TPSA) is 46.2 Å². The van der Waals surface area contributed by atoms with E-state index in [1.54, 1.807) is 0 Å². The van der Waals surface area contributed by atoms with Gasteiger partial charge in [0.05, 0.1) is 17.7 Å². The van der Waals surface area contributed by atoms with Crippen molar-refractivity contribution < 1.29 is 18.3 Å². The highest BCUT2D eigenvalue weighted by molar-refractivity contribution is 5.85. The number of rotatable bonds is 3. The molecule has 0 amide bonds. The molecule has 0 radical (unpaired) electrons. The van der Waals surface area contributed by atoms with Crippen LogP contribution in [-0.4, -0.2) is 11.2 Å². The highest BCUT2D eigenvalue weighted by atomic mass is 35.5. The summed E-state index contributed by atoms with van der Waals surface area (Å²) in [5.74, 6) is 0.120. The molecule has 1 aliphatic carbocycles. The first kappa shape index (κ1) is 16.3. The molecule has 1 fully saturated rings. The van der Waals surface area contributed by atoms with E-state index in [0.717, 1.165) is 31.4 Å². The van der Waals surface area contributed by atoms with E-state index in [-0.39, 0.29) is 18.3 Å². The zero-order chi connectivity index (χ0) is 13.3. The zero-order valence-corrected chi connectivity index (χ0v) is 11.0. The predicted molar refractivity (Wildman–Crippen MR) is 69.0 cm³/mol. The molecule has 1 aliphatic rings. The number of alkyl halides is 3. The summed E-state index contributed by atoms with van der Waals surface area (Å²) < 4.78 is 37.7. The van der Waals surface area contributed by atoms with Crippen molar-refractivity contribution in [3.63, 3.8) is 0 Å². The van der Waals surface area contributed by atoms with E-state index in [4.69, 9.17) is 5.73 Å². The van der Waals surface area contributed by atoms with Gasteiger partial charge in [-0.3, -0.25) is 0 Å². The molecule has 0 bridgehead atoms. The lowest BCUT2D eigenvalue weighted by atomic mass is 9.77. The molecule has 2 atom stereocenters. The fourth-order valence-electron chi connectivity index (χ4n) is 2.19. The van der Waals surface area contributed by atoms with Crippen LogP contribution < -0.4 is 5.73 Å². The van der Waals surface area contributed by atoms with Crippen LogP contribution in [-0.2, 0) is 6.18 Å². The van der Waals surface area contributed by atoms with Crippen LogP contribution in [0.4, 0.5) is 13.2 Å². The highest BCUT2D eigenvalue weighted by Crippen LogP contribution is 2.36. The minimum Gasteiger partial charge on any atom is -0.391 e. The van der Waals surface area contributed by atoms with Crippen LogP contribution in [0, 0.1) is 5.92 Å². The van der Waals surface area contributed by atoms with Crippen LogP contribution in [0.3, 0.4) is 0 Å². The number of benzene rings is 1. The van der Waals surface area contributed by atoms with Gasteiger partial charge in [0.25, 0.3) is 0 Å². The normalized spacial score (nSPS) is 19.2. The second kappa shape index (κ2) is 6.11. The van der Waals surface area contributed by atoms with Gasteiger partial charge in [-0.05, 0) is 36.5 Å². The summed E-state index contributed by atoms with van der Waals surface area (Å²) in [5, 5.41) is 9.98. The largest absolute Gasteiger partial charge is 0.416 e. The summed E-state index contributed by atoms with van der Waals surface area (Å²) in [6.07, 6.45) is -2.29. The Morgan fingerprint density at radius 2 is 1.89 bits per heavy atom. The summed E-state index contributed by atoms with van der Waals surface area (Å²) in [6, 6.07) is 4.13. The van der Waals surface area contributed by atoms with Gasteiger partial charge in [0.15, 0.2) is 0 Å². The number of nitrogens with two attached hydrogens (primary N) is 1. The first-order chi connectivity index (χ1) is 8.39. The van der Waals surface area contributed by atoms with Gasteiger partial charge in [-0.2, -0.15) is 13.2 Å². The van der Waals surface area contributed by atoms with E-state index in [0.29, 0.717) is 5.56 Å². The Bertz CT molecular complexity index is 421. The van der Waals surface area contributed by atoms with Crippen LogP contribution in [0.5, 0.6) is 0 Å². The predicted octanol–water partition coefficient (Wildman–Crippen LogP) is 3.29. The molecule has 0 saturated heterocycles. The molecule has 0 heterocycles. The Morgan fingerprint density at radius 3 is 2.37 bits per heavy atom. The lowest BCUT2D eigenvalue weighted by molar-refractivity contribution is -0.137. The molecular weight excluding hydrogens is 279 g/mol. The molecule has 108 valence electrons. The van der Waals surface area contributed by atoms with Gasteiger partial charge in [0, 0.05) is 0 Å². The van der Waals surface area contributed by atoms with Crippen molar-refractivity contribution in [2.24, 2.45) is 11.7 Å². The van der Waals surface area contributed by atoms with E-state index >= 15 is 0 Å². The van der Waals surface area contributed by atoms with Crippen molar-refractivity contribution in [3.05, 3.63) is 35.4 Å². The maximum atomic E-state index is 12.6. The van der Waals surface area contributed by atoms with Crippen LogP contribution >= 0.6 is 12.4 Å². The third-order valence-electron chi connectivity index (χ3n) is 3.60. The molecule has 3 N–H and O–H groups in total. The van der Waals surface area contributed by atoms with Crippen molar-refractivity contribution >= 4 is 12.4 Å². The highest BCUT2D eigenvalue weighted by Gasteiger charge is 2.33. The summed E-state index contributed by atoms with van der Waals surface area (Å²) in [7, 11) is 0. The second-order valence-corrected chi connectivity index (χ2v) is 4.83. The first-order valence-corrected chi connectivity index (χ1v) is 6.00. The minimum absolute atomic E-state index is 0. The van der Waals surface area contributed by atoms with Gasteiger partial charge in [0.2, 0.25) is 0 Å². The molecule has 0 aromatic heterocycles. The van der Waals surface area contributed by atoms with Gasteiger partial charge >= 0.3 is 6.18 Å². The summed E-state index contributed by atoms with van der Waals surface area (Å²) >= 11 is 0. The lowest BCUT2D eigenvalue weighted by Gasteiger charge is -2.34. The molecule has 2 rings (SSSR count). The molecule has 19 heavy (non-hydrogen) atoms. The quantitative estimate of drug-likeness (QED) is 0.899. The van der Waals surface area contributed by atoms with Crippen LogP contribution in [0.1, 0.15) is 36.4 Å². The average Bonchev–Trinajstić information content (AvgIpc) is 2.24. The maximum Gasteiger partial charge on any atom is 0.416 e. The van der Waals surface area contributed by atoms with Gasteiger partial charge in [0.1, 0.15) is 0 Å². The molecule has 1 aromatic rings. The van der Waals surface area contributed by atoms with Crippen molar-refractivity contribution in [3.8, 4) is 0 Å². The lowest BCUT2D eigenvalue weighted by Crippen LogP contribution is -2.36. The van der Waals surface area contributed by atoms with E-state index in [1.165, 1.54) is 12.1 Å². The van der Waals surface area contributed by atoms with Crippen molar-refractivity contribution in [1.29, 1.82) is 0 Å². The van der Waals surface area contributed by atoms with Gasteiger partial charge in [-0.15, -0.1) is 12.4 Å². The number of halogens is 4. The van der Waals surface area contributed by atoms with Crippen molar-refractivity contribution in [2.75, 3.05) is 0 Å². The monoisotopic (exact) mass is 295 g/mol. The van der Waals surface area contributed by atoms with E-state index in [9.17, 15) is 18.3 Å². The standard InChI is InChI=1S/C13H16F3NO.ClH/c14-13(15,16)10-6-2-5-9(7-10)11(17)12(18)8-3-1-4-8;/h2,5-8,11-12,18H,1,3-4,17H2;1H/t11-,12+;/m1./s1. The Hall–Kier alpha value is -0.780. The first-order valence-electron chi connectivity index (χ1n) is 6.00. The molecule has 0 unspecified atom stereocenters. The van der Waals surface area contributed by atoms with E-state index in [2.05, 4.69) is 0 Å². The Labute approximate surface area is 116 Å². The summed E-state index contributed by atoms with van der Waals surface area (Å²) in [4.78, 5) is 0. The Kier molecular flexibility index (Phi) is 5.24. The molecule has 2 nitrogen and oxygen atoms in total. The zero-order valence-electron chi connectivity index (χ0n) is 10.2. The number of aliphatic hydroxyl groups is 1. The van der Waals surface area contributed by atoms with E-state index in [1.807, 2.05) is 0 Å². The molecular formula is C13H17ClF3NO. The minimum atomic E-state index is -4.38. The fourth-order valence-corrected chi connectivity index (χ4v) is 2.19. The van der Waals surface area contributed by atoms with Gasteiger partial charge < -0.3 is 10.8 Å². The molecule has 1 aromatic carbocycles. The molecule has 6 heteroatoms. The fraction of sp³-hybridized carbons (Fsp3) is 0.538. The third kappa shape index (κ3) is 3.61. The molecule has 0 spiro atoms. The average molecular weight is 296 g/mol. The number of hydrogen-bond donors (Lipinski definition) is 2. The smallest absolute Gasteiger partial charge is 0.391 e. The maximum absolute atomic E-state index is 12.6. The van der Waals surface area contributed by atoms with E-state index < -0.39 is 23.9 Å². The van der Waals surface area contributed by atoms with Gasteiger partial charge in [-0.1, -0.05) is 18.6 Å². The van der Waals surface area contributed by atoms with Crippen LogP contribution in [0.15, 0.2) is 24.3 Å². The summed E-state index contributed by atoms with van der Waals surface area (Å²) in [5.41, 5.74) is 5.46. The van der Waals surface area contributed by atoms with Crippen molar-refractivity contribution in [1.82, 2.24) is 0 Å². The van der Waals surface area contributed by atoms with Crippen LogP contribution in [0.2, 0.25) is 0 Å².